The summed E-state index contributed by atoms with van der Waals surface area (Å²) < 4.78 is 1.94. The van der Waals surface area contributed by atoms with Crippen molar-refractivity contribution in [1.29, 1.82) is 0 Å². The molecule has 22 heavy (non-hydrogen) atoms. The number of carbonyl (C=O) groups is 1. The summed E-state index contributed by atoms with van der Waals surface area (Å²) in [5.41, 5.74) is 3.50. The maximum Gasteiger partial charge on any atom is 0.272 e. The minimum atomic E-state index is 0.109. The average Bonchev–Trinajstić information content (AvgIpc) is 2.82. The van der Waals surface area contributed by atoms with Gasteiger partial charge in [-0.05, 0) is 38.3 Å². The summed E-state index contributed by atoms with van der Waals surface area (Å²) in [4.78, 5) is 19.6. The van der Waals surface area contributed by atoms with Crippen molar-refractivity contribution < 1.29 is 4.79 Å². The molecule has 0 saturated heterocycles. The summed E-state index contributed by atoms with van der Waals surface area (Å²) in [5, 5.41) is 0. The van der Waals surface area contributed by atoms with Gasteiger partial charge in [0.25, 0.3) is 5.91 Å². The van der Waals surface area contributed by atoms with Gasteiger partial charge in [0.15, 0.2) is 0 Å². The van der Waals surface area contributed by atoms with E-state index in [1.165, 1.54) is 0 Å². The zero-order valence-corrected chi connectivity index (χ0v) is 14.2. The minimum absolute atomic E-state index is 0.109. The lowest BCUT2D eigenvalue weighted by Gasteiger charge is -2.22. The molecule has 0 bridgehead atoms. The average molecular weight is 301 g/mol. The molecule has 4 nitrogen and oxygen atoms in total. The van der Waals surface area contributed by atoms with Gasteiger partial charge in [0.2, 0.25) is 0 Å². The Morgan fingerprint density at radius 2 is 1.77 bits per heavy atom. The molecular weight excluding hydrogens is 274 g/mol. The molecule has 2 aromatic rings. The van der Waals surface area contributed by atoms with E-state index in [0.717, 1.165) is 55.7 Å². The molecule has 0 fully saturated rings. The quantitative estimate of drug-likeness (QED) is 0.775. The van der Waals surface area contributed by atoms with Crippen LogP contribution in [0.3, 0.4) is 0 Å². The van der Waals surface area contributed by atoms with Crippen LogP contribution in [0.2, 0.25) is 0 Å². The Morgan fingerprint density at radius 1 is 1.14 bits per heavy atom. The molecule has 0 saturated carbocycles. The number of carbonyl (C=O) groups excluding carboxylic acids is 1. The van der Waals surface area contributed by atoms with Gasteiger partial charge in [-0.3, -0.25) is 9.20 Å². The predicted octanol–water partition coefficient (Wildman–Crippen LogP) is 3.99. The van der Waals surface area contributed by atoms with E-state index in [1.54, 1.807) is 0 Å². The number of pyridine rings is 1. The van der Waals surface area contributed by atoms with Gasteiger partial charge in [-0.2, -0.15) is 0 Å². The highest BCUT2D eigenvalue weighted by atomic mass is 16.2. The molecule has 0 unspecified atom stereocenters. The third kappa shape index (κ3) is 3.49. The number of fused-ring (bicyclic) bond motifs is 1. The van der Waals surface area contributed by atoms with Crippen LogP contribution in [0.15, 0.2) is 18.3 Å². The topological polar surface area (TPSA) is 37.6 Å². The Kier molecular flexibility index (Phi) is 5.58. The fourth-order valence-corrected chi connectivity index (χ4v) is 2.69. The highest BCUT2D eigenvalue weighted by Gasteiger charge is 2.21. The lowest BCUT2D eigenvalue weighted by molar-refractivity contribution is 0.0743. The number of aryl methyl sites for hydroxylation is 2. The van der Waals surface area contributed by atoms with Gasteiger partial charge in [-0.25, -0.2) is 4.98 Å². The number of imidazole rings is 1. The molecule has 0 aliphatic carbocycles. The van der Waals surface area contributed by atoms with Crippen LogP contribution in [0.5, 0.6) is 0 Å². The Morgan fingerprint density at radius 3 is 2.36 bits per heavy atom. The lowest BCUT2D eigenvalue weighted by Crippen LogP contribution is -2.34. The molecule has 2 aromatic heterocycles. The first-order valence-electron chi connectivity index (χ1n) is 8.33. The molecule has 120 valence electrons. The van der Waals surface area contributed by atoms with E-state index in [1.807, 2.05) is 41.5 Å². The number of rotatable bonds is 7. The number of hydrogen-bond acceptors (Lipinski definition) is 2. The Labute approximate surface area is 133 Å². The Balaban J connectivity index is 2.36. The maximum atomic E-state index is 13.0. The molecule has 0 aliphatic rings. The fourth-order valence-electron chi connectivity index (χ4n) is 2.69. The Hall–Kier alpha value is -1.84. The van der Waals surface area contributed by atoms with Crippen LogP contribution in [-0.4, -0.2) is 33.3 Å². The van der Waals surface area contributed by atoms with Gasteiger partial charge < -0.3 is 4.90 Å². The van der Waals surface area contributed by atoms with E-state index >= 15 is 0 Å². The molecule has 0 atom stereocenters. The van der Waals surface area contributed by atoms with E-state index in [9.17, 15) is 4.79 Å². The van der Waals surface area contributed by atoms with Crippen LogP contribution in [0, 0.1) is 13.8 Å². The molecule has 0 radical (unpaired) electrons. The zero-order valence-electron chi connectivity index (χ0n) is 14.2. The molecular formula is C18H27N3O. The smallest absolute Gasteiger partial charge is 0.272 e. The van der Waals surface area contributed by atoms with Crippen molar-refractivity contribution in [1.82, 2.24) is 14.3 Å². The molecule has 4 heteroatoms. The van der Waals surface area contributed by atoms with Crippen LogP contribution in [-0.2, 0) is 0 Å². The number of unbranched alkanes of at least 4 members (excludes halogenated alkanes) is 2. The van der Waals surface area contributed by atoms with Gasteiger partial charge in [0.1, 0.15) is 11.3 Å². The van der Waals surface area contributed by atoms with Gasteiger partial charge in [0, 0.05) is 19.3 Å². The van der Waals surface area contributed by atoms with Gasteiger partial charge in [-0.15, -0.1) is 0 Å². The fraction of sp³-hybridized carbons (Fsp3) is 0.556. The summed E-state index contributed by atoms with van der Waals surface area (Å²) in [7, 11) is 0. The van der Waals surface area contributed by atoms with Gasteiger partial charge >= 0.3 is 0 Å². The minimum Gasteiger partial charge on any atom is -0.337 e. The normalized spacial score (nSPS) is 11.1. The molecule has 2 heterocycles. The Bertz CT molecular complexity index is 637. The maximum absolute atomic E-state index is 13.0. The second-order valence-corrected chi connectivity index (χ2v) is 5.98. The molecule has 0 aliphatic heterocycles. The van der Waals surface area contributed by atoms with Gasteiger partial charge in [0.05, 0.1) is 5.69 Å². The standard InChI is InChI=1S/C18H27N3O/c1-5-7-11-20(12-8-6-2)18(22)17-15(4)19-16-10-9-14(3)13-21(16)17/h9-10,13H,5-8,11-12H2,1-4H3. The molecule has 0 aromatic carbocycles. The summed E-state index contributed by atoms with van der Waals surface area (Å²) in [5.74, 6) is 0.109. The van der Waals surface area contributed by atoms with Crippen LogP contribution in [0.4, 0.5) is 0 Å². The number of hydrogen-bond donors (Lipinski definition) is 0. The van der Waals surface area contributed by atoms with Crippen molar-refractivity contribution in [2.24, 2.45) is 0 Å². The van der Waals surface area contributed by atoms with Gasteiger partial charge in [-0.1, -0.05) is 32.8 Å². The first-order chi connectivity index (χ1) is 10.6. The predicted molar refractivity (Wildman–Crippen MR) is 90.4 cm³/mol. The number of aromatic nitrogens is 2. The molecule has 1 amide bonds. The lowest BCUT2D eigenvalue weighted by atomic mass is 10.2. The van der Waals surface area contributed by atoms with Crippen molar-refractivity contribution in [3.63, 3.8) is 0 Å². The number of nitrogens with zero attached hydrogens (tertiary/aromatic N) is 3. The first-order valence-corrected chi connectivity index (χ1v) is 8.33. The molecule has 2 rings (SSSR count). The number of amides is 1. The van der Waals surface area contributed by atoms with Crippen LogP contribution < -0.4 is 0 Å². The second kappa shape index (κ2) is 7.43. The summed E-state index contributed by atoms with van der Waals surface area (Å²) >= 11 is 0. The van der Waals surface area contributed by atoms with Crippen LogP contribution >= 0.6 is 0 Å². The summed E-state index contributed by atoms with van der Waals surface area (Å²) in [6, 6.07) is 4.00. The first kappa shape index (κ1) is 16.5. The van der Waals surface area contributed by atoms with E-state index in [0.29, 0.717) is 5.69 Å². The third-order valence-electron chi connectivity index (χ3n) is 3.99. The van der Waals surface area contributed by atoms with Crippen molar-refractivity contribution in [3.05, 3.63) is 35.3 Å². The van der Waals surface area contributed by atoms with E-state index in [4.69, 9.17) is 0 Å². The van der Waals surface area contributed by atoms with E-state index < -0.39 is 0 Å². The van der Waals surface area contributed by atoms with E-state index in [-0.39, 0.29) is 5.91 Å². The van der Waals surface area contributed by atoms with E-state index in [2.05, 4.69) is 18.8 Å². The van der Waals surface area contributed by atoms with Crippen molar-refractivity contribution >= 4 is 11.6 Å². The van der Waals surface area contributed by atoms with Crippen LogP contribution in [0.25, 0.3) is 5.65 Å². The highest BCUT2D eigenvalue weighted by Crippen LogP contribution is 2.16. The molecule has 0 N–H and O–H groups in total. The van der Waals surface area contributed by atoms with Crippen molar-refractivity contribution in [3.8, 4) is 0 Å². The SMILES string of the molecule is CCCCN(CCCC)C(=O)c1c(C)nc2ccc(C)cn12. The van der Waals surface area contributed by atoms with Crippen molar-refractivity contribution in [2.45, 2.75) is 53.4 Å². The monoisotopic (exact) mass is 301 g/mol. The van der Waals surface area contributed by atoms with Crippen molar-refractivity contribution in [2.75, 3.05) is 13.1 Å². The second-order valence-electron chi connectivity index (χ2n) is 5.98. The summed E-state index contributed by atoms with van der Waals surface area (Å²) in [6.45, 7) is 9.93. The molecule has 0 spiro atoms. The largest absolute Gasteiger partial charge is 0.337 e. The zero-order chi connectivity index (χ0) is 16.1. The third-order valence-corrected chi connectivity index (χ3v) is 3.99. The summed E-state index contributed by atoms with van der Waals surface area (Å²) in [6.07, 6.45) is 6.29. The van der Waals surface area contributed by atoms with Crippen LogP contribution in [0.1, 0.15) is 61.3 Å². The highest BCUT2D eigenvalue weighted by molar-refractivity contribution is 5.94.